The zero-order chi connectivity index (χ0) is 23.7. The summed E-state index contributed by atoms with van der Waals surface area (Å²) in [6, 6.07) is 19.4. The number of aromatic nitrogens is 2. The van der Waals surface area contributed by atoms with Gasteiger partial charge in [0.2, 0.25) is 5.91 Å². The second kappa shape index (κ2) is 9.31. The Balaban J connectivity index is 1.51. The number of primary amides is 1. The number of fused-ring (bicyclic) bond motifs is 1. The number of carbonyl (C=O) groups is 2. The van der Waals surface area contributed by atoms with Gasteiger partial charge < -0.3 is 10.6 Å². The van der Waals surface area contributed by atoms with Crippen molar-refractivity contribution in [2.75, 3.05) is 18.0 Å². The molecule has 0 radical (unpaired) electrons. The van der Waals surface area contributed by atoms with E-state index in [-0.39, 0.29) is 16.5 Å². The van der Waals surface area contributed by atoms with Gasteiger partial charge in [-0.3, -0.25) is 19.1 Å². The predicted octanol–water partition coefficient (Wildman–Crippen LogP) is 4.94. The molecule has 1 amide bonds. The van der Waals surface area contributed by atoms with Crippen molar-refractivity contribution in [2.24, 2.45) is 11.7 Å². The van der Waals surface area contributed by atoms with Gasteiger partial charge in [-0.25, -0.2) is 0 Å². The second-order valence-electron chi connectivity index (χ2n) is 8.73. The lowest BCUT2D eigenvalue weighted by atomic mass is 9.90. The standard InChI is InChI=1S/C27H25ClN4O2/c28-24-22(26(29)33)9-8-20-16-23(32(25(20)24)27(34)21-7-4-12-30-17-21)31-13-10-19(11-14-31)15-18-5-2-1-3-6-18/h1-9,12,16-17,19H,10-11,13-15H2,(H2,29,33). The predicted molar refractivity (Wildman–Crippen MR) is 135 cm³/mol. The average Bonchev–Trinajstić information content (AvgIpc) is 3.26. The first-order valence-electron chi connectivity index (χ1n) is 11.4. The number of amides is 1. The SMILES string of the molecule is NC(=O)c1ccc2cc(N3CCC(Cc4ccccc4)CC3)n(C(=O)c3cccnc3)c2c1Cl. The molecule has 1 aliphatic rings. The van der Waals surface area contributed by atoms with Crippen LogP contribution in [0.1, 0.15) is 39.1 Å². The molecule has 1 fully saturated rings. The Labute approximate surface area is 203 Å². The maximum atomic E-state index is 13.6. The van der Waals surface area contributed by atoms with Crippen molar-refractivity contribution in [3.63, 3.8) is 0 Å². The lowest BCUT2D eigenvalue weighted by molar-refractivity contribution is 0.0962. The summed E-state index contributed by atoms with van der Waals surface area (Å²) in [5.74, 6) is 0.492. The Kier molecular flexibility index (Phi) is 6.07. The molecule has 0 spiro atoms. The molecule has 2 N–H and O–H groups in total. The van der Waals surface area contributed by atoms with Gasteiger partial charge in [0.1, 0.15) is 5.82 Å². The van der Waals surface area contributed by atoms with E-state index >= 15 is 0 Å². The summed E-state index contributed by atoms with van der Waals surface area (Å²) >= 11 is 6.63. The van der Waals surface area contributed by atoms with Crippen molar-refractivity contribution >= 4 is 40.1 Å². The highest BCUT2D eigenvalue weighted by Crippen LogP contribution is 2.36. The van der Waals surface area contributed by atoms with E-state index in [2.05, 4.69) is 34.1 Å². The number of piperidine rings is 1. The molecule has 3 heterocycles. The molecule has 2 aromatic heterocycles. The summed E-state index contributed by atoms with van der Waals surface area (Å²) < 4.78 is 1.61. The first-order chi connectivity index (χ1) is 16.5. The number of halogens is 1. The summed E-state index contributed by atoms with van der Waals surface area (Å²) in [5, 5.41) is 0.973. The third kappa shape index (κ3) is 4.17. The Morgan fingerprint density at radius 1 is 1.03 bits per heavy atom. The van der Waals surface area contributed by atoms with Crippen LogP contribution >= 0.6 is 11.6 Å². The molecule has 5 rings (SSSR count). The van der Waals surface area contributed by atoms with Crippen molar-refractivity contribution in [3.05, 3.63) is 94.8 Å². The highest BCUT2D eigenvalue weighted by molar-refractivity contribution is 6.39. The van der Waals surface area contributed by atoms with Gasteiger partial charge in [-0.15, -0.1) is 0 Å². The topological polar surface area (TPSA) is 81.2 Å². The largest absolute Gasteiger partial charge is 0.366 e. The molecular weight excluding hydrogens is 448 g/mol. The number of benzene rings is 2. The van der Waals surface area contributed by atoms with Crippen molar-refractivity contribution in [1.82, 2.24) is 9.55 Å². The summed E-state index contributed by atoms with van der Waals surface area (Å²) in [6.07, 6.45) is 6.27. The van der Waals surface area contributed by atoms with E-state index in [0.717, 1.165) is 43.6 Å². The summed E-state index contributed by atoms with van der Waals surface area (Å²) in [4.78, 5) is 31.9. The van der Waals surface area contributed by atoms with Crippen LogP contribution in [0.4, 0.5) is 5.82 Å². The second-order valence-corrected chi connectivity index (χ2v) is 9.11. The maximum Gasteiger partial charge on any atom is 0.265 e. The number of pyridine rings is 1. The molecule has 172 valence electrons. The number of hydrogen-bond donors (Lipinski definition) is 1. The van der Waals surface area contributed by atoms with Crippen LogP contribution in [0.3, 0.4) is 0 Å². The Bertz CT molecular complexity index is 1340. The van der Waals surface area contributed by atoms with Gasteiger partial charge in [0.05, 0.1) is 21.7 Å². The van der Waals surface area contributed by atoms with Crippen molar-refractivity contribution in [2.45, 2.75) is 19.3 Å². The molecule has 1 saturated heterocycles. The molecule has 7 heteroatoms. The molecule has 1 aliphatic heterocycles. The molecule has 2 aromatic carbocycles. The zero-order valence-corrected chi connectivity index (χ0v) is 19.4. The maximum absolute atomic E-state index is 13.6. The first kappa shape index (κ1) is 22.2. The van der Waals surface area contributed by atoms with Gasteiger partial charge in [-0.05, 0) is 55.0 Å². The number of rotatable bonds is 5. The van der Waals surface area contributed by atoms with E-state index < -0.39 is 5.91 Å². The normalized spacial score (nSPS) is 14.4. The zero-order valence-electron chi connectivity index (χ0n) is 18.7. The molecular formula is C27H25ClN4O2. The third-order valence-electron chi connectivity index (χ3n) is 6.57. The van der Waals surface area contributed by atoms with Gasteiger partial charge in [0.25, 0.3) is 5.91 Å². The Hall–Kier alpha value is -3.64. The Morgan fingerprint density at radius 3 is 2.47 bits per heavy atom. The van der Waals surface area contributed by atoms with Crippen LogP contribution < -0.4 is 10.6 Å². The van der Waals surface area contributed by atoms with Gasteiger partial charge in [0.15, 0.2) is 0 Å². The summed E-state index contributed by atoms with van der Waals surface area (Å²) in [6.45, 7) is 1.66. The molecule has 0 unspecified atom stereocenters. The molecule has 4 aromatic rings. The van der Waals surface area contributed by atoms with E-state index in [0.29, 0.717) is 17.0 Å². The van der Waals surface area contributed by atoms with Crippen molar-refractivity contribution in [1.29, 1.82) is 0 Å². The van der Waals surface area contributed by atoms with Crippen LogP contribution in [0.25, 0.3) is 10.9 Å². The lowest BCUT2D eigenvalue weighted by Gasteiger charge is -2.34. The van der Waals surface area contributed by atoms with Crippen LogP contribution in [0.15, 0.2) is 73.1 Å². The van der Waals surface area contributed by atoms with Crippen molar-refractivity contribution < 1.29 is 9.59 Å². The monoisotopic (exact) mass is 472 g/mol. The van der Waals surface area contributed by atoms with Gasteiger partial charge in [-0.2, -0.15) is 0 Å². The average molecular weight is 473 g/mol. The van der Waals surface area contributed by atoms with Crippen LogP contribution in [0, 0.1) is 5.92 Å². The minimum atomic E-state index is -0.628. The Morgan fingerprint density at radius 2 is 1.79 bits per heavy atom. The minimum Gasteiger partial charge on any atom is -0.366 e. The molecule has 0 atom stereocenters. The van der Waals surface area contributed by atoms with Crippen LogP contribution in [-0.2, 0) is 6.42 Å². The molecule has 0 aliphatic carbocycles. The van der Waals surface area contributed by atoms with E-state index in [9.17, 15) is 9.59 Å². The van der Waals surface area contributed by atoms with Crippen LogP contribution in [-0.4, -0.2) is 34.5 Å². The minimum absolute atomic E-state index is 0.187. The molecule has 0 saturated carbocycles. The quantitative estimate of drug-likeness (QED) is 0.446. The summed E-state index contributed by atoms with van der Waals surface area (Å²) in [5.41, 5.74) is 8.02. The van der Waals surface area contributed by atoms with E-state index in [1.807, 2.05) is 12.1 Å². The van der Waals surface area contributed by atoms with E-state index in [4.69, 9.17) is 17.3 Å². The molecule has 6 nitrogen and oxygen atoms in total. The summed E-state index contributed by atoms with van der Waals surface area (Å²) in [7, 11) is 0. The highest BCUT2D eigenvalue weighted by Gasteiger charge is 2.27. The first-order valence-corrected chi connectivity index (χ1v) is 11.8. The number of hydrogen-bond acceptors (Lipinski definition) is 4. The highest BCUT2D eigenvalue weighted by atomic mass is 35.5. The van der Waals surface area contributed by atoms with E-state index in [1.165, 1.54) is 11.8 Å². The molecule has 34 heavy (non-hydrogen) atoms. The van der Waals surface area contributed by atoms with Gasteiger partial charge in [-0.1, -0.05) is 48.0 Å². The van der Waals surface area contributed by atoms with E-state index in [1.54, 1.807) is 35.0 Å². The number of anilines is 1. The number of carbonyl (C=O) groups excluding carboxylic acids is 2. The fourth-order valence-corrected chi connectivity index (χ4v) is 5.15. The fraction of sp³-hybridized carbons (Fsp3) is 0.222. The number of nitrogens with two attached hydrogens (primary N) is 1. The smallest absolute Gasteiger partial charge is 0.265 e. The van der Waals surface area contributed by atoms with Crippen LogP contribution in [0.5, 0.6) is 0 Å². The number of nitrogens with zero attached hydrogens (tertiary/aromatic N) is 3. The van der Waals surface area contributed by atoms with Gasteiger partial charge in [0, 0.05) is 30.9 Å². The van der Waals surface area contributed by atoms with Crippen LogP contribution in [0.2, 0.25) is 5.02 Å². The lowest BCUT2D eigenvalue weighted by Crippen LogP contribution is -2.36. The third-order valence-corrected chi connectivity index (χ3v) is 6.95. The molecule has 0 bridgehead atoms. The fourth-order valence-electron chi connectivity index (χ4n) is 4.80. The van der Waals surface area contributed by atoms with Crippen molar-refractivity contribution in [3.8, 4) is 0 Å². The van der Waals surface area contributed by atoms with Gasteiger partial charge >= 0.3 is 0 Å².